The predicted octanol–water partition coefficient (Wildman–Crippen LogP) is 4.50. The second-order valence-corrected chi connectivity index (χ2v) is 21.3. The minimum atomic E-state index is -0.539. The summed E-state index contributed by atoms with van der Waals surface area (Å²) in [4.78, 5) is 7.42. The van der Waals surface area contributed by atoms with Crippen molar-refractivity contribution in [2.24, 2.45) is 17.8 Å². The van der Waals surface area contributed by atoms with Crippen LogP contribution < -0.4 is 28.4 Å². The Balaban J connectivity index is 0.0000000988. The predicted molar refractivity (Wildman–Crippen MR) is 247 cm³/mol. The minimum Gasteiger partial charge on any atom is -0.493 e. The molecule has 15 rings (SSSR count). The molecule has 3 aromatic carbocycles. The van der Waals surface area contributed by atoms with Gasteiger partial charge in [0, 0.05) is 68.8 Å². The highest BCUT2D eigenvalue weighted by Crippen LogP contribution is 2.65. The van der Waals surface area contributed by atoms with E-state index in [2.05, 4.69) is 72.3 Å². The molecule has 6 bridgehead atoms. The maximum atomic E-state index is 10.6. The number of nitrogens with zero attached hydrogens (tertiary/aromatic N) is 3. The number of likely N-dealkylation sites (N-methyl/N-ethyl adjacent to an activating group) is 3. The lowest BCUT2D eigenvalue weighted by Crippen LogP contribution is -2.64. The van der Waals surface area contributed by atoms with Crippen LogP contribution in [-0.2, 0) is 35.5 Å². The molecule has 6 aliphatic heterocycles. The van der Waals surface area contributed by atoms with Gasteiger partial charge in [-0.15, -0.1) is 0 Å². The van der Waals surface area contributed by atoms with Crippen LogP contribution in [0.25, 0.3) is 0 Å². The van der Waals surface area contributed by atoms with Crippen molar-refractivity contribution in [1.29, 1.82) is 0 Å². The molecule has 3 fully saturated rings. The first-order valence-corrected chi connectivity index (χ1v) is 24.3. The number of ether oxygens (including phenoxy) is 6. The second-order valence-electron chi connectivity index (χ2n) is 21.3. The third kappa shape index (κ3) is 5.10. The lowest BCUT2D eigenvalue weighted by molar-refractivity contribution is -0.0453. The molecule has 66 heavy (non-hydrogen) atoms. The first-order valence-electron chi connectivity index (χ1n) is 24.3. The van der Waals surface area contributed by atoms with Crippen LogP contribution in [0, 0.1) is 17.8 Å². The van der Waals surface area contributed by atoms with Gasteiger partial charge >= 0.3 is 0 Å². The van der Waals surface area contributed by atoms with Gasteiger partial charge in [-0.2, -0.15) is 0 Å². The van der Waals surface area contributed by atoms with Gasteiger partial charge in [-0.25, -0.2) is 0 Å². The monoisotopic (exact) mass is 897 g/mol. The molecule has 12 aliphatic rings. The topological polar surface area (TPSA) is 126 Å². The Morgan fingerprint density at radius 3 is 1.02 bits per heavy atom. The lowest BCUT2D eigenvalue weighted by atomic mass is 9.53. The highest BCUT2D eigenvalue weighted by atomic mass is 16.5. The number of hydrogen-bond acceptors (Lipinski definition) is 12. The van der Waals surface area contributed by atoms with Crippen LogP contribution in [0.3, 0.4) is 0 Å². The summed E-state index contributed by atoms with van der Waals surface area (Å²) in [5, 5.41) is 31.7. The Bertz CT molecular complexity index is 2330. The molecule has 348 valence electrons. The van der Waals surface area contributed by atoms with E-state index in [1.54, 1.807) is 21.3 Å². The number of piperidine rings is 3. The van der Waals surface area contributed by atoms with E-state index in [0.29, 0.717) is 35.9 Å². The van der Waals surface area contributed by atoms with Crippen molar-refractivity contribution in [2.75, 3.05) is 62.1 Å². The highest BCUT2D eigenvalue weighted by molar-refractivity contribution is 5.65. The maximum absolute atomic E-state index is 10.6. The third-order valence-electron chi connectivity index (χ3n) is 19.1. The van der Waals surface area contributed by atoms with Crippen LogP contribution in [0.15, 0.2) is 72.9 Å². The van der Waals surface area contributed by atoms with Gasteiger partial charge in [-0.05, 0) is 114 Å². The first kappa shape index (κ1) is 41.6. The molecule has 0 radical (unpaired) electrons. The lowest BCUT2D eigenvalue weighted by Gasteiger charge is -2.56. The summed E-state index contributed by atoms with van der Waals surface area (Å²) in [5.74, 6) is 6.27. The standard InChI is InChI=1S/3C18H21NO3/c3*1-19-8-7-18-11-4-5-13(20)17(18)22-16-14(21-2)6-3-10(15(16)18)9-12(11)19/h3*3-6,11-13,17,20H,7-9H2,1-2H3/t3*11-,12+,13-,17-,18-/m000/s1. The van der Waals surface area contributed by atoms with Gasteiger partial charge < -0.3 is 58.4 Å². The van der Waals surface area contributed by atoms with E-state index in [0.717, 1.165) is 92.7 Å². The zero-order valence-corrected chi connectivity index (χ0v) is 38.9. The Kier molecular flexibility index (Phi) is 9.13. The van der Waals surface area contributed by atoms with E-state index >= 15 is 0 Å². The van der Waals surface area contributed by atoms with E-state index in [4.69, 9.17) is 28.4 Å². The molecular weight excluding hydrogens is 835 g/mol. The summed E-state index contributed by atoms with van der Waals surface area (Å²) in [7, 11) is 11.7. The van der Waals surface area contributed by atoms with Gasteiger partial charge in [0.2, 0.25) is 0 Å². The summed E-state index contributed by atoms with van der Waals surface area (Å²) in [6.07, 6.45) is 16.6. The van der Waals surface area contributed by atoms with Gasteiger partial charge in [0.25, 0.3) is 0 Å². The van der Waals surface area contributed by atoms with E-state index in [1.807, 2.05) is 36.4 Å². The van der Waals surface area contributed by atoms with Crippen molar-refractivity contribution < 1.29 is 43.7 Å². The minimum absolute atomic E-state index is 0.0806. The molecule has 12 nitrogen and oxygen atoms in total. The summed E-state index contributed by atoms with van der Waals surface area (Å²) in [6.45, 7) is 3.16. The summed E-state index contributed by atoms with van der Waals surface area (Å²) in [6, 6.07) is 14.1. The summed E-state index contributed by atoms with van der Waals surface area (Å²) in [5.41, 5.74) is 7.81. The van der Waals surface area contributed by atoms with Crippen molar-refractivity contribution in [3.8, 4) is 34.5 Å². The Morgan fingerprint density at radius 1 is 0.455 bits per heavy atom. The number of likely N-dealkylation sites (tertiary alicyclic amines) is 3. The third-order valence-corrected chi connectivity index (χ3v) is 19.1. The second kappa shape index (κ2) is 14.5. The van der Waals surface area contributed by atoms with Crippen molar-refractivity contribution in [3.63, 3.8) is 0 Å². The Hall–Kier alpha value is -4.56. The zero-order valence-electron chi connectivity index (χ0n) is 38.9. The average Bonchev–Trinajstić information content (AvgIpc) is 4.00. The van der Waals surface area contributed by atoms with Crippen LogP contribution in [0.1, 0.15) is 52.6 Å². The number of rotatable bonds is 3. The van der Waals surface area contributed by atoms with Gasteiger partial charge in [-0.3, -0.25) is 0 Å². The van der Waals surface area contributed by atoms with Gasteiger partial charge in [-0.1, -0.05) is 54.7 Å². The van der Waals surface area contributed by atoms with Crippen LogP contribution in [0.4, 0.5) is 0 Å². The molecule has 12 heteroatoms. The molecule has 3 aromatic rings. The molecule has 6 heterocycles. The van der Waals surface area contributed by atoms with E-state index in [1.165, 1.54) is 33.4 Å². The van der Waals surface area contributed by atoms with E-state index in [-0.39, 0.29) is 34.6 Å². The smallest absolute Gasteiger partial charge is 0.165 e. The molecule has 0 saturated carbocycles. The van der Waals surface area contributed by atoms with Crippen LogP contribution in [-0.4, -0.2) is 147 Å². The fourth-order valence-corrected chi connectivity index (χ4v) is 16.2. The number of hydrogen-bond donors (Lipinski definition) is 3. The molecule has 0 amide bonds. The molecule has 6 aliphatic carbocycles. The molecule has 3 spiro atoms. The molecular formula is C54H63N3O9. The first-order chi connectivity index (χ1) is 32.0. The largest absolute Gasteiger partial charge is 0.493 e. The normalized spacial score (nSPS) is 41.0. The van der Waals surface area contributed by atoms with Crippen LogP contribution in [0.2, 0.25) is 0 Å². The molecule has 3 saturated heterocycles. The molecule has 3 N–H and O–H groups in total. The Morgan fingerprint density at radius 2 is 0.742 bits per heavy atom. The van der Waals surface area contributed by atoms with Crippen molar-refractivity contribution in [3.05, 3.63) is 106 Å². The number of aliphatic hydroxyl groups is 3. The van der Waals surface area contributed by atoms with Gasteiger partial charge in [0.05, 0.1) is 21.3 Å². The van der Waals surface area contributed by atoms with Crippen LogP contribution in [0.5, 0.6) is 34.5 Å². The SMILES string of the molecule is COc1ccc2c3c1O[C@H]1[C@@H](O)C=C[C@H]4[C@@H](C2)N(C)CC[C@@]341.COc1ccc2c3c1O[C@H]1[C@@H](O)C=C[C@H]4[C@@H](C2)N(C)CC[C@@]341.COc1ccc2c3c1O[C@H]1[C@@H](O)C=C[C@H]4[C@@H](C2)N(C)CC[C@@]341. The highest BCUT2D eigenvalue weighted by Gasteiger charge is 2.67. The van der Waals surface area contributed by atoms with Gasteiger partial charge in [0.15, 0.2) is 34.5 Å². The van der Waals surface area contributed by atoms with Crippen molar-refractivity contribution in [1.82, 2.24) is 14.7 Å². The fraction of sp³-hybridized carbons (Fsp3) is 0.556. The number of benzene rings is 3. The maximum Gasteiger partial charge on any atom is 0.165 e. The summed E-state index contributed by atoms with van der Waals surface area (Å²) >= 11 is 0. The molecule has 0 unspecified atom stereocenters. The van der Waals surface area contributed by atoms with E-state index in [9.17, 15) is 15.3 Å². The quantitative estimate of drug-likeness (QED) is 0.321. The van der Waals surface area contributed by atoms with Crippen molar-refractivity contribution >= 4 is 0 Å². The Labute approximate surface area is 387 Å². The van der Waals surface area contributed by atoms with Crippen molar-refractivity contribution in [2.45, 2.75) is 110 Å². The van der Waals surface area contributed by atoms with Gasteiger partial charge in [0.1, 0.15) is 36.6 Å². The average molecular weight is 898 g/mol. The zero-order chi connectivity index (χ0) is 45.2. The van der Waals surface area contributed by atoms with E-state index < -0.39 is 18.3 Å². The number of aliphatic hydroxyl groups excluding tert-OH is 3. The molecule has 0 aromatic heterocycles. The fourth-order valence-electron chi connectivity index (χ4n) is 16.2. The molecule has 15 atom stereocenters. The van der Waals surface area contributed by atoms with Crippen LogP contribution >= 0.6 is 0 Å². The summed E-state index contributed by atoms with van der Waals surface area (Å²) < 4.78 is 35.5. The number of methoxy groups -OCH3 is 3.